The van der Waals surface area contributed by atoms with E-state index in [2.05, 4.69) is 20.3 Å². The lowest BCUT2D eigenvalue weighted by atomic mass is 10.2. The van der Waals surface area contributed by atoms with E-state index in [-0.39, 0.29) is 19.1 Å². The highest BCUT2D eigenvalue weighted by Crippen LogP contribution is 2.35. The van der Waals surface area contributed by atoms with Crippen LogP contribution in [0.3, 0.4) is 0 Å². The van der Waals surface area contributed by atoms with Crippen LogP contribution in [0.25, 0.3) is 10.2 Å². The number of hydrogen-bond acceptors (Lipinski definition) is 8. The van der Waals surface area contributed by atoms with Crippen molar-refractivity contribution < 1.29 is 18.7 Å². The van der Waals surface area contributed by atoms with E-state index in [1.54, 1.807) is 14.2 Å². The summed E-state index contributed by atoms with van der Waals surface area (Å²) < 4.78 is 16.0. The normalized spacial score (nSPS) is 11.1. The number of methoxy groups -OCH3 is 2. The minimum Gasteiger partial charge on any atom is -0.480 e. The smallest absolute Gasteiger partial charge is 0.262 e. The number of hydrogen-bond donors (Lipinski definition) is 1. The summed E-state index contributed by atoms with van der Waals surface area (Å²) in [7, 11) is 3.12. The molecule has 0 spiro atoms. The highest BCUT2D eigenvalue weighted by molar-refractivity contribution is 7.20. The molecule has 1 amide bonds. The largest absolute Gasteiger partial charge is 0.480 e. The quantitative estimate of drug-likeness (QED) is 0.706. The van der Waals surface area contributed by atoms with Crippen LogP contribution < -0.4 is 10.1 Å². The van der Waals surface area contributed by atoms with Crippen LogP contribution >= 0.6 is 11.3 Å². The molecule has 0 aliphatic rings. The maximum absolute atomic E-state index is 12.6. The summed E-state index contributed by atoms with van der Waals surface area (Å²) >= 11 is 1.30. The minimum absolute atomic E-state index is 0.214. The molecule has 0 atom stereocenters. The third-order valence-electron chi connectivity index (χ3n) is 3.95. The van der Waals surface area contributed by atoms with Crippen molar-refractivity contribution in [2.45, 2.75) is 33.9 Å². The van der Waals surface area contributed by atoms with Crippen molar-refractivity contribution in [3.05, 3.63) is 33.6 Å². The molecule has 138 valence electrons. The lowest BCUT2D eigenvalue weighted by Crippen LogP contribution is -2.22. The number of fused-ring (bicyclic) bond motifs is 1. The van der Waals surface area contributed by atoms with Crippen molar-refractivity contribution in [1.29, 1.82) is 0 Å². The van der Waals surface area contributed by atoms with Gasteiger partial charge in [0.1, 0.15) is 17.2 Å². The van der Waals surface area contributed by atoms with Crippen molar-refractivity contribution in [2.75, 3.05) is 14.2 Å². The molecule has 3 rings (SSSR count). The molecule has 3 aromatic heterocycles. The zero-order valence-corrected chi connectivity index (χ0v) is 16.1. The van der Waals surface area contributed by atoms with Gasteiger partial charge < -0.3 is 19.2 Å². The van der Waals surface area contributed by atoms with E-state index in [1.165, 1.54) is 11.3 Å². The van der Waals surface area contributed by atoms with E-state index in [0.717, 1.165) is 22.4 Å². The van der Waals surface area contributed by atoms with Gasteiger partial charge in [0.15, 0.2) is 5.82 Å². The first-order chi connectivity index (χ1) is 12.4. The van der Waals surface area contributed by atoms with Crippen molar-refractivity contribution in [3.63, 3.8) is 0 Å². The first-order valence-electron chi connectivity index (χ1n) is 7.98. The molecule has 0 radical (unpaired) electrons. The SMILES string of the molecule is COCc1nc(OC)c2c(C)c(C(=O)NCc3nc(C)c(C)o3)sc2n1. The van der Waals surface area contributed by atoms with Crippen molar-refractivity contribution >= 4 is 27.5 Å². The number of nitrogens with zero attached hydrogens (tertiary/aromatic N) is 3. The lowest BCUT2D eigenvalue weighted by molar-refractivity contribution is 0.0950. The summed E-state index contributed by atoms with van der Waals surface area (Å²) in [5.74, 6) is 1.96. The predicted molar refractivity (Wildman–Crippen MR) is 96.6 cm³/mol. The van der Waals surface area contributed by atoms with Gasteiger partial charge >= 0.3 is 0 Å². The number of rotatable bonds is 6. The van der Waals surface area contributed by atoms with Gasteiger partial charge in [-0.05, 0) is 26.3 Å². The zero-order chi connectivity index (χ0) is 18.8. The molecule has 0 aliphatic carbocycles. The molecule has 0 aromatic carbocycles. The van der Waals surface area contributed by atoms with Gasteiger partial charge in [-0.2, -0.15) is 4.98 Å². The Morgan fingerprint density at radius 2 is 1.96 bits per heavy atom. The Bertz CT molecular complexity index is 944. The molecule has 0 saturated heterocycles. The average molecular weight is 376 g/mol. The minimum atomic E-state index is -0.214. The van der Waals surface area contributed by atoms with Crippen molar-refractivity contribution in [2.24, 2.45) is 0 Å². The Morgan fingerprint density at radius 3 is 2.58 bits per heavy atom. The van der Waals surface area contributed by atoms with Gasteiger partial charge in [0, 0.05) is 7.11 Å². The number of carbonyl (C=O) groups excluding carboxylic acids is 1. The highest BCUT2D eigenvalue weighted by atomic mass is 32.1. The monoisotopic (exact) mass is 376 g/mol. The topological polar surface area (TPSA) is 99.4 Å². The van der Waals surface area contributed by atoms with Gasteiger partial charge in [0.2, 0.25) is 11.8 Å². The standard InChI is InChI=1S/C17H20N4O4S/c1-8-13-16(24-5)20-11(7-23-4)21-17(13)26-14(8)15(22)18-6-12-19-9(2)10(3)25-12/h6-7H2,1-5H3,(H,18,22). The second kappa shape index (κ2) is 7.38. The van der Waals surface area contributed by atoms with Gasteiger partial charge in [-0.15, -0.1) is 11.3 Å². The number of carbonyl (C=O) groups is 1. The van der Waals surface area contributed by atoms with E-state index < -0.39 is 0 Å². The van der Waals surface area contributed by atoms with Crippen LogP contribution in [0.4, 0.5) is 0 Å². The maximum Gasteiger partial charge on any atom is 0.262 e. The fourth-order valence-corrected chi connectivity index (χ4v) is 3.66. The van der Waals surface area contributed by atoms with Crippen LogP contribution in [0.1, 0.15) is 38.4 Å². The molecule has 1 N–H and O–H groups in total. The number of nitrogens with one attached hydrogen (secondary N) is 1. The Labute approximate surface area is 154 Å². The first-order valence-corrected chi connectivity index (χ1v) is 8.80. The number of aryl methyl sites for hydroxylation is 3. The lowest BCUT2D eigenvalue weighted by Gasteiger charge is -2.05. The van der Waals surface area contributed by atoms with Gasteiger partial charge in [-0.25, -0.2) is 9.97 Å². The predicted octanol–water partition coefficient (Wildman–Crippen LogP) is 2.69. The summed E-state index contributed by atoms with van der Waals surface area (Å²) in [5.41, 5.74) is 1.60. The Kier molecular flexibility index (Phi) is 5.19. The van der Waals surface area contributed by atoms with Gasteiger partial charge in [0.05, 0.1) is 29.6 Å². The average Bonchev–Trinajstić information content (AvgIpc) is 3.12. The molecule has 3 heterocycles. The molecule has 9 heteroatoms. The van der Waals surface area contributed by atoms with Crippen LogP contribution in [0.5, 0.6) is 5.88 Å². The molecular weight excluding hydrogens is 356 g/mol. The molecule has 26 heavy (non-hydrogen) atoms. The van der Waals surface area contributed by atoms with Gasteiger partial charge in [-0.3, -0.25) is 4.79 Å². The second-order valence-corrected chi connectivity index (χ2v) is 6.75. The Morgan fingerprint density at radius 1 is 1.19 bits per heavy atom. The zero-order valence-electron chi connectivity index (χ0n) is 15.3. The molecule has 0 bridgehead atoms. The van der Waals surface area contributed by atoms with Crippen LogP contribution in [-0.2, 0) is 17.9 Å². The van der Waals surface area contributed by atoms with Gasteiger partial charge in [0.25, 0.3) is 5.91 Å². The summed E-state index contributed by atoms with van der Waals surface area (Å²) in [6, 6.07) is 0. The van der Waals surface area contributed by atoms with Crippen LogP contribution in [0, 0.1) is 20.8 Å². The third kappa shape index (κ3) is 3.40. The molecule has 0 fully saturated rings. The van der Waals surface area contributed by atoms with Crippen molar-refractivity contribution in [3.8, 4) is 5.88 Å². The fourth-order valence-electron chi connectivity index (χ4n) is 2.55. The first kappa shape index (κ1) is 18.3. The molecule has 3 aromatic rings. The van der Waals surface area contributed by atoms with Crippen molar-refractivity contribution in [1.82, 2.24) is 20.3 Å². The fraction of sp³-hybridized carbons (Fsp3) is 0.412. The molecule has 0 unspecified atom stereocenters. The van der Waals surface area contributed by atoms with Crippen LogP contribution in [0.2, 0.25) is 0 Å². The summed E-state index contributed by atoms with van der Waals surface area (Å²) in [6.07, 6.45) is 0. The van der Waals surface area contributed by atoms with Crippen LogP contribution in [-0.4, -0.2) is 35.1 Å². The third-order valence-corrected chi connectivity index (χ3v) is 5.13. The highest BCUT2D eigenvalue weighted by Gasteiger charge is 2.21. The van der Waals surface area contributed by atoms with E-state index in [4.69, 9.17) is 13.9 Å². The molecular formula is C17H20N4O4S. The molecule has 0 aliphatic heterocycles. The maximum atomic E-state index is 12.6. The number of amides is 1. The summed E-state index contributed by atoms with van der Waals surface area (Å²) in [6.45, 7) is 6.05. The van der Waals surface area contributed by atoms with E-state index in [0.29, 0.717) is 27.3 Å². The van der Waals surface area contributed by atoms with Gasteiger partial charge in [-0.1, -0.05) is 0 Å². The summed E-state index contributed by atoms with van der Waals surface area (Å²) in [5, 5.41) is 3.58. The van der Waals surface area contributed by atoms with E-state index in [1.807, 2.05) is 20.8 Å². The number of thiophene rings is 1. The molecule has 0 saturated carbocycles. The summed E-state index contributed by atoms with van der Waals surface area (Å²) in [4.78, 5) is 26.9. The van der Waals surface area contributed by atoms with Crippen LogP contribution in [0.15, 0.2) is 4.42 Å². The van der Waals surface area contributed by atoms with E-state index in [9.17, 15) is 4.79 Å². The number of oxazole rings is 1. The second-order valence-electron chi connectivity index (χ2n) is 5.75. The Hall–Kier alpha value is -2.52. The van der Waals surface area contributed by atoms with E-state index >= 15 is 0 Å². The molecule has 8 nitrogen and oxygen atoms in total. The number of aromatic nitrogens is 3. The Balaban J connectivity index is 1.89. The number of ether oxygens (including phenoxy) is 2.